The van der Waals surface area contributed by atoms with Gasteiger partial charge in [0.2, 0.25) is 17.8 Å². The number of H-pyrrole nitrogens is 1. The minimum atomic E-state index is -0.959. The monoisotopic (exact) mass is 668 g/mol. The van der Waals surface area contributed by atoms with E-state index in [2.05, 4.69) is 35.9 Å². The van der Waals surface area contributed by atoms with Crippen molar-refractivity contribution in [2.45, 2.75) is 64.5 Å². The number of hydrogen-bond acceptors (Lipinski definition) is 10. The molecule has 258 valence electrons. The molecule has 2 aromatic carbocycles. The van der Waals surface area contributed by atoms with Crippen LogP contribution in [-0.4, -0.2) is 80.8 Å². The number of carbonyl (C=O) groups is 3. The van der Waals surface area contributed by atoms with Crippen molar-refractivity contribution < 1.29 is 19.1 Å². The second-order valence-electron chi connectivity index (χ2n) is 13.6. The molecule has 5 rings (SSSR count). The Bertz CT molecular complexity index is 1710. The van der Waals surface area contributed by atoms with Crippen LogP contribution in [0.5, 0.6) is 0 Å². The van der Waals surface area contributed by atoms with E-state index in [0.29, 0.717) is 36.8 Å². The average molecular weight is 669 g/mol. The van der Waals surface area contributed by atoms with Gasteiger partial charge in [-0.1, -0.05) is 24.3 Å². The molecule has 0 bridgehead atoms. The first kappa shape index (κ1) is 34.9. The van der Waals surface area contributed by atoms with Gasteiger partial charge in [-0.3, -0.25) is 14.5 Å². The molecule has 0 saturated heterocycles. The lowest BCUT2D eigenvalue weighted by atomic mass is 9.81. The highest BCUT2D eigenvalue weighted by Gasteiger charge is 2.36. The van der Waals surface area contributed by atoms with Gasteiger partial charge in [0.1, 0.15) is 11.6 Å². The third-order valence-corrected chi connectivity index (χ3v) is 8.50. The molecule has 49 heavy (non-hydrogen) atoms. The molecule has 2 heterocycles. The number of tetrazole rings is 1. The molecule has 1 atom stereocenters. The summed E-state index contributed by atoms with van der Waals surface area (Å²) in [7, 11) is 3.75. The number of anilines is 2. The zero-order valence-electron chi connectivity index (χ0n) is 28.6. The van der Waals surface area contributed by atoms with Crippen LogP contribution in [0.2, 0.25) is 0 Å². The number of ether oxygens (including phenoxy) is 1. The van der Waals surface area contributed by atoms with Crippen LogP contribution < -0.4 is 20.9 Å². The van der Waals surface area contributed by atoms with Gasteiger partial charge >= 0.3 is 6.09 Å². The summed E-state index contributed by atoms with van der Waals surface area (Å²) in [5.74, 6) is 0.188. The van der Waals surface area contributed by atoms with E-state index in [-0.39, 0.29) is 24.2 Å². The van der Waals surface area contributed by atoms with Crippen molar-refractivity contribution in [3.8, 4) is 22.5 Å². The van der Waals surface area contributed by atoms with Crippen molar-refractivity contribution in [2.24, 2.45) is 17.6 Å². The van der Waals surface area contributed by atoms with Gasteiger partial charge in [-0.2, -0.15) is 0 Å². The Hall–Kier alpha value is -5.40. The first-order chi connectivity index (χ1) is 23.4. The second kappa shape index (κ2) is 15.2. The average Bonchev–Trinajstić information content (AvgIpc) is 3.62. The van der Waals surface area contributed by atoms with Crippen molar-refractivity contribution in [1.29, 1.82) is 0 Å². The fourth-order valence-corrected chi connectivity index (χ4v) is 6.00. The van der Waals surface area contributed by atoms with Gasteiger partial charge in [0.05, 0.1) is 0 Å². The predicted octanol–water partition coefficient (Wildman–Crippen LogP) is 4.15. The van der Waals surface area contributed by atoms with E-state index in [1.54, 1.807) is 41.6 Å². The number of amides is 3. The molecule has 0 spiro atoms. The van der Waals surface area contributed by atoms with Gasteiger partial charge in [-0.05, 0) is 98.2 Å². The molecule has 4 N–H and O–H groups in total. The number of rotatable bonds is 11. The van der Waals surface area contributed by atoms with Crippen molar-refractivity contribution in [1.82, 2.24) is 35.9 Å². The molecular formula is C35H44N10O4. The largest absolute Gasteiger partial charge is 0.444 e. The third-order valence-electron chi connectivity index (χ3n) is 8.50. The van der Waals surface area contributed by atoms with Gasteiger partial charge in [-0.25, -0.2) is 19.9 Å². The summed E-state index contributed by atoms with van der Waals surface area (Å²) < 4.78 is 5.37. The van der Waals surface area contributed by atoms with E-state index < -0.39 is 23.6 Å². The smallest absolute Gasteiger partial charge is 0.407 e. The molecular weight excluding hydrogens is 624 g/mol. The molecule has 0 unspecified atom stereocenters. The highest BCUT2D eigenvalue weighted by Crippen LogP contribution is 2.33. The van der Waals surface area contributed by atoms with Crippen molar-refractivity contribution in [3.05, 3.63) is 66.5 Å². The van der Waals surface area contributed by atoms with Crippen molar-refractivity contribution in [2.75, 3.05) is 30.4 Å². The molecule has 3 amide bonds. The van der Waals surface area contributed by atoms with Gasteiger partial charge in [0, 0.05) is 62.2 Å². The number of nitrogens with two attached hydrogens (primary N) is 1. The van der Waals surface area contributed by atoms with Gasteiger partial charge in [-0.15, -0.1) is 5.10 Å². The Balaban J connectivity index is 1.37. The molecule has 14 nitrogen and oxygen atoms in total. The van der Waals surface area contributed by atoms with E-state index >= 15 is 0 Å². The third kappa shape index (κ3) is 9.15. The van der Waals surface area contributed by atoms with Crippen LogP contribution in [0.1, 0.15) is 52.0 Å². The molecule has 0 radical (unpaired) electrons. The van der Waals surface area contributed by atoms with Crippen LogP contribution in [-0.2, 0) is 20.7 Å². The summed E-state index contributed by atoms with van der Waals surface area (Å²) in [6.45, 7) is 5.94. The number of aromatic amines is 1. The Labute approximate surface area is 285 Å². The van der Waals surface area contributed by atoms with E-state index in [1.807, 2.05) is 64.0 Å². The Kier molecular flexibility index (Phi) is 10.8. The maximum atomic E-state index is 14.4. The molecule has 1 saturated carbocycles. The molecule has 1 aliphatic rings. The Morgan fingerprint density at radius 1 is 0.980 bits per heavy atom. The number of primary amides is 1. The highest BCUT2D eigenvalue weighted by atomic mass is 16.6. The molecule has 1 fully saturated rings. The molecule has 2 aromatic heterocycles. The zero-order chi connectivity index (χ0) is 35.1. The first-order valence-electron chi connectivity index (χ1n) is 16.4. The number of benzene rings is 2. The number of nitrogens with zero attached hydrogens (tertiary/aromatic N) is 7. The maximum Gasteiger partial charge on any atom is 0.407 e. The molecule has 1 aliphatic carbocycles. The lowest BCUT2D eigenvalue weighted by Gasteiger charge is -2.36. The van der Waals surface area contributed by atoms with Crippen molar-refractivity contribution >= 4 is 29.5 Å². The number of nitrogens with one attached hydrogen (secondary N) is 2. The SMILES string of the molecule is CN(C)c1ncc(-c2cccc(C[C@@H](C(N)=O)N(c3ccc(-c4nnn[nH]4)cc3)C(=O)[C@H]3CC[C@H](CNC(=O)OC(C)(C)C)CC3)c2)cn1. The Morgan fingerprint density at radius 2 is 1.67 bits per heavy atom. The van der Waals surface area contributed by atoms with Crippen LogP contribution in [0.25, 0.3) is 22.5 Å². The molecule has 4 aromatic rings. The van der Waals surface area contributed by atoms with Crippen molar-refractivity contribution in [3.63, 3.8) is 0 Å². The van der Waals surface area contributed by atoms with Gasteiger partial charge < -0.3 is 20.7 Å². The van der Waals surface area contributed by atoms with E-state index in [0.717, 1.165) is 35.1 Å². The number of aromatic nitrogens is 6. The molecule has 0 aliphatic heterocycles. The zero-order valence-corrected chi connectivity index (χ0v) is 28.6. The summed E-state index contributed by atoms with van der Waals surface area (Å²) in [5.41, 5.74) is 9.31. The fraction of sp³-hybridized carbons (Fsp3) is 0.429. The van der Waals surface area contributed by atoms with E-state index in [4.69, 9.17) is 10.5 Å². The lowest BCUT2D eigenvalue weighted by Crippen LogP contribution is -2.52. The predicted molar refractivity (Wildman–Crippen MR) is 185 cm³/mol. The number of hydrogen-bond donors (Lipinski definition) is 3. The van der Waals surface area contributed by atoms with Crippen LogP contribution in [0.4, 0.5) is 16.4 Å². The summed E-state index contributed by atoms with van der Waals surface area (Å²) >= 11 is 0. The summed E-state index contributed by atoms with van der Waals surface area (Å²) in [6, 6.07) is 13.9. The normalized spacial score (nSPS) is 16.8. The lowest BCUT2D eigenvalue weighted by molar-refractivity contribution is -0.127. The Morgan fingerprint density at radius 3 is 2.27 bits per heavy atom. The van der Waals surface area contributed by atoms with Crippen LogP contribution >= 0.6 is 0 Å². The highest BCUT2D eigenvalue weighted by molar-refractivity contribution is 6.01. The van der Waals surface area contributed by atoms with E-state index in [1.165, 1.54) is 0 Å². The van der Waals surface area contributed by atoms with Gasteiger partial charge in [0.15, 0.2) is 5.82 Å². The van der Waals surface area contributed by atoms with E-state index in [9.17, 15) is 14.4 Å². The summed E-state index contributed by atoms with van der Waals surface area (Å²) in [6.07, 6.45) is 5.98. The quantitative estimate of drug-likeness (QED) is 0.210. The minimum absolute atomic E-state index is 0.166. The number of alkyl carbamates (subject to hydrolysis) is 1. The summed E-state index contributed by atoms with van der Waals surface area (Å²) in [5, 5.41) is 16.8. The topological polar surface area (TPSA) is 185 Å². The fourth-order valence-electron chi connectivity index (χ4n) is 6.00. The first-order valence-corrected chi connectivity index (χ1v) is 16.4. The number of carbonyl (C=O) groups excluding carboxylic acids is 3. The summed E-state index contributed by atoms with van der Waals surface area (Å²) in [4.78, 5) is 52.1. The van der Waals surface area contributed by atoms with Crippen LogP contribution in [0.3, 0.4) is 0 Å². The second-order valence-corrected chi connectivity index (χ2v) is 13.6. The molecule has 14 heteroatoms. The minimum Gasteiger partial charge on any atom is -0.444 e. The maximum absolute atomic E-state index is 14.4. The van der Waals surface area contributed by atoms with Gasteiger partial charge in [0.25, 0.3) is 0 Å². The standard InChI is InChI=1S/C35H44N10O4/c1-35(2,3)49-34(48)39-19-22-9-11-25(12-10-22)32(47)45(28-15-13-24(14-16-28)31-40-42-43-41-31)29(30(36)46)18-23-7-6-8-26(17-23)27-20-37-33(38-21-27)44(4)5/h6-8,13-17,20-22,25,29H,9-12,18-19H2,1-5H3,(H2,36,46)(H,39,48)(H,40,41,42,43)/t22-,25-,29-/m0/s1. The van der Waals surface area contributed by atoms with Crippen LogP contribution in [0, 0.1) is 11.8 Å². The van der Waals surface area contributed by atoms with Crippen LogP contribution in [0.15, 0.2) is 60.9 Å².